The Balaban J connectivity index is 1.52. The average Bonchev–Trinajstić information content (AvgIpc) is 2.81. The number of nitro groups is 1. The van der Waals surface area contributed by atoms with Crippen LogP contribution in [0.2, 0.25) is 5.02 Å². The number of hydrogen-bond donors (Lipinski definition) is 1. The van der Waals surface area contributed by atoms with Crippen molar-refractivity contribution in [3.8, 4) is 0 Å². The molecule has 1 saturated heterocycles. The summed E-state index contributed by atoms with van der Waals surface area (Å²) in [4.78, 5) is 36.4. The first kappa shape index (κ1) is 24.4. The van der Waals surface area contributed by atoms with E-state index in [1.165, 1.54) is 21.3 Å². The zero-order valence-corrected chi connectivity index (χ0v) is 19.0. The van der Waals surface area contributed by atoms with E-state index < -0.39 is 26.8 Å². The number of nitrogens with one attached hydrogen (secondary N) is 1. The number of non-ortho nitro benzene ring substituents is 1. The standard InChI is InChI=1S/C21H21ClN4O6S/c22-18-12-17(13-19(14-18)26(29)30)21(28)23-15-20(27)24-7-9-25(10-8-24)33(31,32)11-6-16-4-2-1-3-5-16/h1-6,11-14H,7-10,15H2,(H,23,28)/b11-6+. The SMILES string of the molecule is O=C(NCC(=O)N1CCN(S(=O)(=O)/C=C/c2ccccc2)CC1)c1cc(Cl)cc([N+](=O)[O-])c1. The van der Waals surface area contributed by atoms with Crippen LogP contribution in [0.5, 0.6) is 0 Å². The molecule has 0 unspecified atom stereocenters. The van der Waals surface area contributed by atoms with Crippen molar-refractivity contribution in [1.82, 2.24) is 14.5 Å². The fourth-order valence-electron chi connectivity index (χ4n) is 3.19. The molecule has 2 amide bonds. The zero-order chi connectivity index (χ0) is 24.0. The lowest BCUT2D eigenvalue weighted by Gasteiger charge is -2.33. The van der Waals surface area contributed by atoms with Gasteiger partial charge in [0.1, 0.15) is 0 Å². The molecular weight excluding hydrogens is 472 g/mol. The highest BCUT2D eigenvalue weighted by atomic mass is 35.5. The molecule has 3 rings (SSSR count). The van der Waals surface area contributed by atoms with Crippen LogP contribution in [0.25, 0.3) is 6.08 Å². The summed E-state index contributed by atoms with van der Waals surface area (Å²) >= 11 is 5.81. The van der Waals surface area contributed by atoms with E-state index in [9.17, 15) is 28.1 Å². The molecule has 1 aliphatic rings. The van der Waals surface area contributed by atoms with Gasteiger partial charge in [-0.1, -0.05) is 41.9 Å². The minimum Gasteiger partial charge on any atom is -0.343 e. The summed E-state index contributed by atoms with van der Waals surface area (Å²) < 4.78 is 26.4. The molecular formula is C21H21ClN4O6S. The van der Waals surface area contributed by atoms with Crippen molar-refractivity contribution in [3.05, 3.63) is 80.2 Å². The number of rotatable bonds is 7. The summed E-state index contributed by atoms with van der Waals surface area (Å²) in [6.45, 7) is 0.272. The topological polar surface area (TPSA) is 130 Å². The van der Waals surface area contributed by atoms with E-state index in [2.05, 4.69) is 5.32 Å². The molecule has 12 heteroatoms. The Morgan fingerprint density at radius 2 is 1.76 bits per heavy atom. The number of nitrogens with zero attached hydrogens (tertiary/aromatic N) is 3. The second-order valence-corrected chi connectivity index (χ2v) is 9.43. The molecule has 0 radical (unpaired) electrons. The Kier molecular flexibility index (Phi) is 7.79. The Labute approximate surface area is 195 Å². The molecule has 0 aliphatic carbocycles. The van der Waals surface area contributed by atoms with Gasteiger partial charge < -0.3 is 10.2 Å². The first-order valence-electron chi connectivity index (χ1n) is 9.90. The molecule has 2 aromatic carbocycles. The van der Waals surface area contributed by atoms with Crippen LogP contribution in [-0.4, -0.2) is 67.1 Å². The number of carbonyl (C=O) groups is 2. The summed E-state index contributed by atoms with van der Waals surface area (Å²) in [5.41, 5.74) is 0.386. The number of nitro benzene ring substituents is 1. The maximum atomic E-state index is 12.5. The fourth-order valence-corrected chi connectivity index (χ4v) is 4.59. The normalized spacial score (nSPS) is 14.9. The first-order chi connectivity index (χ1) is 15.7. The number of hydrogen-bond acceptors (Lipinski definition) is 6. The van der Waals surface area contributed by atoms with Crippen LogP contribution in [0, 0.1) is 10.1 Å². The number of amides is 2. The second kappa shape index (κ2) is 10.6. The summed E-state index contributed by atoms with van der Waals surface area (Å²) in [7, 11) is -3.63. The monoisotopic (exact) mass is 492 g/mol. The summed E-state index contributed by atoms with van der Waals surface area (Å²) in [6.07, 6.45) is 1.52. The van der Waals surface area contributed by atoms with Gasteiger partial charge in [-0.15, -0.1) is 0 Å². The molecule has 1 fully saturated rings. The molecule has 10 nitrogen and oxygen atoms in total. The molecule has 0 atom stereocenters. The number of halogens is 1. The van der Waals surface area contributed by atoms with Gasteiger partial charge in [-0.3, -0.25) is 19.7 Å². The summed E-state index contributed by atoms with van der Waals surface area (Å²) in [6, 6.07) is 12.5. The Morgan fingerprint density at radius 1 is 1.09 bits per heavy atom. The molecule has 1 N–H and O–H groups in total. The summed E-state index contributed by atoms with van der Waals surface area (Å²) in [5, 5.41) is 14.5. The van der Waals surface area contributed by atoms with Crippen LogP contribution < -0.4 is 5.32 Å². The predicted molar refractivity (Wildman–Crippen MR) is 123 cm³/mol. The van der Waals surface area contributed by atoms with Crippen LogP contribution >= 0.6 is 11.6 Å². The molecule has 2 aromatic rings. The Morgan fingerprint density at radius 3 is 2.39 bits per heavy atom. The molecule has 1 heterocycles. The second-order valence-electron chi connectivity index (χ2n) is 7.18. The third-order valence-electron chi connectivity index (χ3n) is 4.94. The van der Waals surface area contributed by atoms with Crippen molar-refractivity contribution in [2.24, 2.45) is 0 Å². The molecule has 0 bridgehead atoms. The average molecular weight is 493 g/mol. The minimum absolute atomic E-state index is 0.0271. The van der Waals surface area contributed by atoms with Gasteiger partial charge in [0.25, 0.3) is 11.6 Å². The van der Waals surface area contributed by atoms with Crippen molar-refractivity contribution in [3.63, 3.8) is 0 Å². The fraction of sp³-hybridized carbons (Fsp3) is 0.238. The van der Waals surface area contributed by atoms with Gasteiger partial charge >= 0.3 is 0 Å². The summed E-state index contributed by atoms with van der Waals surface area (Å²) in [5.74, 6) is -1.07. The van der Waals surface area contributed by atoms with Gasteiger partial charge in [0, 0.05) is 54.3 Å². The van der Waals surface area contributed by atoms with Gasteiger partial charge in [0.2, 0.25) is 15.9 Å². The lowest BCUT2D eigenvalue weighted by molar-refractivity contribution is -0.384. The molecule has 0 saturated carbocycles. The molecule has 0 aromatic heterocycles. The van der Waals surface area contributed by atoms with Gasteiger partial charge in [0.15, 0.2) is 0 Å². The molecule has 0 spiro atoms. The van der Waals surface area contributed by atoms with Gasteiger partial charge in [-0.25, -0.2) is 8.42 Å². The smallest absolute Gasteiger partial charge is 0.271 e. The number of piperazine rings is 1. The van der Waals surface area contributed by atoms with Crippen LogP contribution in [0.15, 0.2) is 53.9 Å². The van der Waals surface area contributed by atoms with Crippen LogP contribution in [-0.2, 0) is 14.8 Å². The van der Waals surface area contributed by atoms with Crippen molar-refractivity contribution in [2.45, 2.75) is 0 Å². The van der Waals surface area contributed by atoms with Crippen molar-refractivity contribution < 1.29 is 22.9 Å². The minimum atomic E-state index is -3.63. The largest absolute Gasteiger partial charge is 0.343 e. The van der Waals surface area contributed by atoms with E-state index in [1.54, 1.807) is 12.1 Å². The third-order valence-corrected chi connectivity index (χ3v) is 6.72. The van der Waals surface area contributed by atoms with Gasteiger partial charge in [-0.05, 0) is 17.7 Å². The third kappa shape index (κ3) is 6.60. The van der Waals surface area contributed by atoms with Crippen LogP contribution in [0.4, 0.5) is 5.69 Å². The van der Waals surface area contributed by atoms with E-state index in [-0.39, 0.29) is 49.0 Å². The highest BCUT2D eigenvalue weighted by molar-refractivity contribution is 7.92. The van der Waals surface area contributed by atoms with Crippen molar-refractivity contribution >= 4 is 45.2 Å². The lowest BCUT2D eigenvalue weighted by Crippen LogP contribution is -2.52. The van der Waals surface area contributed by atoms with Crippen molar-refractivity contribution in [1.29, 1.82) is 0 Å². The predicted octanol–water partition coefficient (Wildman–Crippen LogP) is 2.12. The Hall–Kier alpha value is -3.28. The highest BCUT2D eigenvalue weighted by Gasteiger charge is 2.27. The molecule has 33 heavy (non-hydrogen) atoms. The number of sulfonamides is 1. The van der Waals surface area contributed by atoms with E-state index in [1.807, 2.05) is 18.2 Å². The van der Waals surface area contributed by atoms with Crippen molar-refractivity contribution in [2.75, 3.05) is 32.7 Å². The van der Waals surface area contributed by atoms with E-state index in [0.717, 1.165) is 23.1 Å². The van der Waals surface area contributed by atoms with Crippen LogP contribution in [0.3, 0.4) is 0 Å². The zero-order valence-electron chi connectivity index (χ0n) is 17.4. The highest BCUT2D eigenvalue weighted by Crippen LogP contribution is 2.21. The van der Waals surface area contributed by atoms with Gasteiger partial charge in [0.05, 0.1) is 11.5 Å². The Bertz CT molecular complexity index is 1180. The molecule has 1 aliphatic heterocycles. The molecule has 174 valence electrons. The van der Waals surface area contributed by atoms with E-state index in [0.29, 0.717) is 0 Å². The van der Waals surface area contributed by atoms with E-state index >= 15 is 0 Å². The first-order valence-corrected chi connectivity index (χ1v) is 11.8. The maximum absolute atomic E-state index is 12.5. The lowest BCUT2D eigenvalue weighted by atomic mass is 10.2. The number of benzene rings is 2. The maximum Gasteiger partial charge on any atom is 0.271 e. The van der Waals surface area contributed by atoms with Gasteiger partial charge in [-0.2, -0.15) is 4.31 Å². The number of carbonyl (C=O) groups excluding carboxylic acids is 2. The quantitative estimate of drug-likeness (QED) is 0.465. The van der Waals surface area contributed by atoms with E-state index in [4.69, 9.17) is 11.6 Å². The van der Waals surface area contributed by atoms with Crippen LogP contribution in [0.1, 0.15) is 15.9 Å².